The molecule has 178 valence electrons. The molecule has 2 heterocycles. The number of aromatic nitrogens is 2. The zero-order chi connectivity index (χ0) is 24.3. The lowest BCUT2D eigenvalue weighted by Gasteiger charge is -2.24. The smallest absolute Gasteiger partial charge is 0.360 e. The quantitative estimate of drug-likeness (QED) is 0.293. The Bertz CT molecular complexity index is 1350. The highest BCUT2D eigenvalue weighted by Gasteiger charge is 2.30. The average molecular weight is 486 g/mol. The maximum atomic E-state index is 13.2. The van der Waals surface area contributed by atoms with Crippen LogP contribution in [-0.2, 0) is 14.8 Å². The van der Waals surface area contributed by atoms with Crippen molar-refractivity contribution >= 4 is 38.5 Å². The number of carbonyl (C=O) groups is 1. The Kier molecular flexibility index (Phi) is 6.70. The summed E-state index contributed by atoms with van der Waals surface area (Å²) in [5, 5.41) is 11.1. The summed E-state index contributed by atoms with van der Waals surface area (Å²) < 4.78 is 32.8. The molecule has 0 amide bonds. The molecule has 11 nitrogen and oxygen atoms in total. The summed E-state index contributed by atoms with van der Waals surface area (Å²) in [6, 6.07) is 12.2. The summed E-state index contributed by atoms with van der Waals surface area (Å²) >= 11 is 0. The second-order valence-electron chi connectivity index (χ2n) is 7.60. The number of fused-ring (bicyclic) bond motifs is 1. The van der Waals surface area contributed by atoms with E-state index >= 15 is 0 Å². The van der Waals surface area contributed by atoms with Gasteiger partial charge in [0, 0.05) is 38.3 Å². The average Bonchev–Trinajstić information content (AvgIpc) is 3.10. The van der Waals surface area contributed by atoms with Crippen LogP contribution in [0, 0.1) is 10.1 Å². The minimum atomic E-state index is -3.94. The molecule has 0 aliphatic carbocycles. The minimum absolute atomic E-state index is 0.0792. The highest BCUT2D eigenvalue weighted by Crippen LogP contribution is 2.26. The monoisotopic (exact) mass is 485 g/mol. The molecular formula is C22H23N5O6S. The number of nitro groups is 1. The van der Waals surface area contributed by atoms with Crippen LogP contribution in [0.4, 0.5) is 11.5 Å². The number of non-ortho nitro benzene ring substituents is 1. The summed E-state index contributed by atoms with van der Waals surface area (Å²) in [5.74, 6) is -0.257. The van der Waals surface area contributed by atoms with Gasteiger partial charge in [-0.1, -0.05) is 18.2 Å². The van der Waals surface area contributed by atoms with Crippen molar-refractivity contribution in [2.24, 2.45) is 0 Å². The second-order valence-corrected chi connectivity index (χ2v) is 9.54. The summed E-state index contributed by atoms with van der Waals surface area (Å²) in [6.45, 7) is 2.92. The Morgan fingerprint density at radius 3 is 2.50 bits per heavy atom. The molecule has 2 aromatic carbocycles. The van der Waals surface area contributed by atoms with Gasteiger partial charge in [0.25, 0.3) is 5.69 Å². The number of rotatable bonds is 6. The van der Waals surface area contributed by atoms with Crippen molar-refractivity contribution in [3.63, 3.8) is 0 Å². The number of anilines is 1. The van der Waals surface area contributed by atoms with Crippen molar-refractivity contribution in [3.05, 3.63) is 64.3 Å². The predicted molar refractivity (Wildman–Crippen MR) is 124 cm³/mol. The van der Waals surface area contributed by atoms with Gasteiger partial charge in [-0.15, -0.1) is 0 Å². The summed E-state index contributed by atoms with van der Waals surface area (Å²) in [5.41, 5.74) is 0.952. The number of nitro benzene ring substituents is 1. The van der Waals surface area contributed by atoms with Gasteiger partial charge in [0.2, 0.25) is 10.0 Å². The number of ether oxygens (including phenoxy) is 1. The van der Waals surface area contributed by atoms with E-state index in [0.29, 0.717) is 29.8 Å². The Balaban J connectivity index is 1.63. The van der Waals surface area contributed by atoms with E-state index in [1.165, 1.54) is 22.5 Å². The molecule has 0 radical (unpaired) electrons. The molecule has 1 fully saturated rings. The van der Waals surface area contributed by atoms with Crippen molar-refractivity contribution < 1.29 is 22.9 Å². The SMILES string of the molecule is CCOC(=O)c1nc2ccccc2nc1N1CCCN(S(=O)(=O)c2cccc([N+](=O)[O-])c2)CC1. The van der Waals surface area contributed by atoms with E-state index in [-0.39, 0.29) is 42.5 Å². The number of esters is 1. The predicted octanol–water partition coefficient (Wildman–Crippen LogP) is 2.62. The summed E-state index contributed by atoms with van der Waals surface area (Å²) in [7, 11) is -3.94. The molecule has 0 N–H and O–H groups in total. The third-order valence-electron chi connectivity index (χ3n) is 5.44. The molecule has 34 heavy (non-hydrogen) atoms. The molecule has 1 aromatic heterocycles. The minimum Gasteiger partial charge on any atom is -0.461 e. The maximum absolute atomic E-state index is 13.2. The highest BCUT2D eigenvalue weighted by molar-refractivity contribution is 7.89. The number of sulfonamides is 1. The molecule has 0 atom stereocenters. The molecule has 3 aromatic rings. The summed E-state index contributed by atoms with van der Waals surface area (Å²) in [6.07, 6.45) is 0.463. The van der Waals surface area contributed by atoms with Crippen LogP contribution in [0.15, 0.2) is 53.4 Å². The normalized spacial score (nSPS) is 15.1. The van der Waals surface area contributed by atoms with Crippen LogP contribution in [0.2, 0.25) is 0 Å². The van der Waals surface area contributed by atoms with Crippen LogP contribution in [0.1, 0.15) is 23.8 Å². The van der Waals surface area contributed by atoms with Crippen LogP contribution in [-0.4, -0.2) is 66.4 Å². The van der Waals surface area contributed by atoms with E-state index in [0.717, 1.165) is 6.07 Å². The third kappa shape index (κ3) is 4.68. The Morgan fingerprint density at radius 2 is 1.79 bits per heavy atom. The van der Waals surface area contributed by atoms with Crippen LogP contribution in [0.25, 0.3) is 11.0 Å². The molecule has 0 saturated carbocycles. The molecular weight excluding hydrogens is 462 g/mol. The van der Waals surface area contributed by atoms with Gasteiger partial charge in [0.1, 0.15) is 0 Å². The molecule has 1 aliphatic rings. The van der Waals surface area contributed by atoms with Gasteiger partial charge in [-0.3, -0.25) is 10.1 Å². The fraction of sp³-hybridized carbons (Fsp3) is 0.318. The number of hydrogen-bond acceptors (Lipinski definition) is 9. The number of nitrogens with zero attached hydrogens (tertiary/aromatic N) is 5. The van der Waals surface area contributed by atoms with E-state index in [1.54, 1.807) is 25.1 Å². The Hall–Kier alpha value is -3.64. The fourth-order valence-corrected chi connectivity index (χ4v) is 5.31. The van der Waals surface area contributed by atoms with Crippen LogP contribution in [0.3, 0.4) is 0 Å². The van der Waals surface area contributed by atoms with E-state index in [2.05, 4.69) is 9.97 Å². The lowest BCUT2D eigenvalue weighted by Crippen LogP contribution is -2.36. The molecule has 0 unspecified atom stereocenters. The Morgan fingerprint density at radius 1 is 1.06 bits per heavy atom. The van der Waals surface area contributed by atoms with Crippen LogP contribution < -0.4 is 4.90 Å². The van der Waals surface area contributed by atoms with E-state index < -0.39 is 20.9 Å². The van der Waals surface area contributed by atoms with Gasteiger partial charge in [0.15, 0.2) is 11.5 Å². The number of carbonyl (C=O) groups excluding carboxylic acids is 1. The van der Waals surface area contributed by atoms with Crippen molar-refractivity contribution in [2.45, 2.75) is 18.2 Å². The summed E-state index contributed by atoms with van der Waals surface area (Å²) in [4.78, 5) is 33.9. The molecule has 12 heteroatoms. The fourth-order valence-electron chi connectivity index (χ4n) is 3.80. The van der Waals surface area contributed by atoms with Crippen LogP contribution in [0.5, 0.6) is 0 Å². The van der Waals surface area contributed by atoms with Gasteiger partial charge in [-0.05, 0) is 31.5 Å². The first-order valence-corrected chi connectivity index (χ1v) is 12.2. The van der Waals surface area contributed by atoms with Crippen molar-refractivity contribution in [3.8, 4) is 0 Å². The lowest BCUT2D eigenvalue weighted by atomic mass is 10.2. The highest BCUT2D eigenvalue weighted by atomic mass is 32.2. The van der Waals surface area contributed by atoms with Crippen LogP contribution >= 0.6 is 0 Å². The first-order valence-electron chi connectivity index (χ1n) is 10.7. The zero-order valence-corrected chi connectivity index (χ0v) is 19.3. The molecule has 4 rings (SSSR count). The van der Waals surface area contributed by atoms with Gasteiger partial charge >= 0.3 is 5.97 Å². The second kappa shape index (κ2) is 9.69. The van der Waals surface area contributed by atoms with Gasteiger partial charge in [-0.2, -0.15) is 4.31 Å². The van der Waals surface area contributed by atoms with E-state index in [9.17, 15) is 23.3 Å². The van der Waals surface area contributed by atoms with Gasteiger partial charge in [0.05, 0.1) is 27.5 Å². The third-order valence-corrected chi connectivity index (χ3v) is 7.34. The zero-order valence-electron chi connectivity index (χ0n) is 18.5. The molecule has 1 aliphatic heterocycles. The van der Waals surface area contributed by atoms with Gasteiger partial charge in [-0.25, -0.2) is 23.2 Å². The first-order chi connectivity index (χ1) is 16.3. The lowest BCUT2D eigenvalue weighted by molar-refractivity contribution is -0.385. The molecule has 0 bridgehead atoms. The van der Waals surface area contributed by atoms with Crippen molar-refractivity contribution in [2.75, 3.05) is 37.7 Å². The first kappa shape index (κ1) is 23.5. The van der Waals surface area contributed by atoms with Crippen molar-refractivity contribution in [1.82, 2.24) is 14.3 Å². The number of hydrogen-bond donors (Lipinski definition) is 0. The molecule has 0 spiro atoms. The number of para-hydroxylation sites is 2. The standard InChI is InChI=1S/C22H23N5O6S/c1-2-33-22(28)20-21(24-19-10-4-3-9-18(19)23-20)25-11-6-12-26(14-13-25)34(31,32)17-8-5-7-16(15-17)27(29)30/h3-5,7-10,15H,2,6,11-14H2,1H3. The number of benzene rings is 2. The van der Waals surface area contributed by atoms with E-state index in [1.807, 2.05) is 11.0 Å². The van der Waals surface area contributed by atoms with E-state index in [4.69, 9.17) is 4.74 Å². The molecule has 1 saturated heterocycles. The van der Waals surface area contributed by atoms with Crippen molar-refractivity contribution in [1.29, 1.82) is 0 Å². The van der Waals surface area contributed by atoms with Gasteiger partial charge < -0.3 is 9.64 Å². The largest absolute Gasteiger partial charge is 0.461 e. The maximum Gasteiger partial charge on any atom is 0.360 e. The Labute approximate surface area is 196 Å². The topological polar surface area (TPSA) is 136 Å².